The Kier molecular flexibility index (Phi) is 2.66. The summed E-state index contributed by atoms with van der Waals surface area (Å²) in [5, 5.41) is 10.7. The largest absolute Gasteiger partial charge is 0.192 e. The second-order valence-corrected chi connectivity index (χ2v) is 4.09. The molecule has 1 aromatic heterocycles. The molecule has 1 heterocycles. The van der Waals surface area contributed by atoms with Crippen LogP contribution in [0.2, 0.25) is 0 Å². The normalized spacial score (nSPS) is 9.53. The number of thiophene rings is 1. The van der Waals surface area contributed by atoms with Gasteiger partial charge in [-0.1, -0.05) is 24.8 Å². The van der Waals surface area contributed by atoms with Gasteiger partial charge in [-0.3, -0.25) is 0 Å². The predicted octanol–water partition coefficient (Wildman–Crippen LogP) is 3.68. The maximum atomic E-state index is 8.68. The molecule has 0 saturated carbocycles. The lowest BCUT2D eigenvalue weighted by molar-refractivity contribution is 1.48. The molecule has 0 bridgehead atoms. The Morgan fingerprint density at radius 1 is 1.20 bits per heavy atom. The van der Waals surface area contributed by atoms with E-state index in [9.17, 15) is 0 Å². The molecule has 0 aliphatic rings. The molecule has 0 radical (unpaired) electrons. The molecule has 2 heteroatoms. The first-order chi connectivity index (χ1) is 7.31. The Labute approximate surface area is 92.9 Å². The predicted molar refractivity (Wildman–Crippen MR) is 63.6 cm³/mol. The van der Waals surface area contributed by atoms with Crippen LogP contribution in [0.5, 0.6) is 0 Å². The lowest BCUT2D eigenvalue weighted by Gasteiger charge is -2.02. The van der Waals surface area contributed by atoms with Crippen LogP contribution in [-0.2, 0) is 0 Å². The number of hydrogen-bond acceptors (Lipinski definition) is 2. The minimum absolute atomic E-state index is 0.678. The van der Waals surface area contributed by atoms with Crippen molar-refractivity contribution in [2.24, 2.45) is 0 Å². The summed E-state index contributed by atoms with van der Waals surface area (Å²) >= 11 is 1.67. The summed E-state index contributed by atoms with van der Waals surface area (Å²) in [5.41, 5.74) is 2.75. The van der Waals surface area contributed by atoms with E-state index in [-0.39, 0.29) is 0 Å². The highest BCUT2D eigenvalue weighted by Gasteiger charge is 2.02. The third-order valence-corrected chi connectivity index (χ3v) is 3.11. The second-order valence-electron chi connectivity index (χ2n) is 3.15. The van der Waals surface area contributed by atoms with Gasteiger partial charge < -0.3 is 0 Å². The van der Waals surface area contributed by atoms with Crippen LogP contribution in [0.4, 0.5) is 0 Å². The van der Waals surface area contributed by atoms with Gasteiger partial charge in [0.05, 0.1) is 11.6 Å². The van der Waals surface area contributed by atoms with Gasteiger partial charge in [0.25, 0.3) is 0 Å². The molecule has 0 unspecified atom stereocenters. The average Bonchev–Trinajstić information content (AvgIpc) is 2.82. The summed E-state index contributed by atoms with van der Waals surface area (Å²) in [4.78, 5) is 1.17. The minimum atomic E-state index is 0.678. The molecular formula is C13H9NS. The van der Waals surface area contributed by atoms with Crippen LogP contribution < -0.4 is 0 Å². The maximum absolute atomic E-state index is 8.68. The third kappa shape index (κ3) is 1.98. The number of benzene rings is 1. The zero-order valence-electron chi connectivity index (χ0n) is 8.10. The van der Waals surface area contributed by atoms with Gasteiger partial charge in [-0.15, -0.1) is 11.3 Å². The Hall–Kier alpha value is -1.85. The van der Waals surface area contributed by atoms with Gasteiger partial charge in [0.2, 0.25) is 0 Å². The lowest BCUT2D eigenvalue weighted by Crippen LogP contribution is -1.82. The Morgan fingerprint density at radius 3 is 2.47 bits per heavy atom. The molecule has 15 heavy (non-hydrogen) atoms. The standard InChI is InChI=1S/C13H9NS/c1-10(13-3-2-8-15-13)12-6-4-11(9-14)5-7-12/h2-8H,1H2. The van der Waals surface area contributed by atoms with E-state index >= 15 is 0 Å². The molecule has 0 aliphatic heterocycles. The third-order valence-electron chi connectivity index (χ3n) is 2.18. The summed E-state index contributed by atoms with van der Waals surface area (Å²) in [6.07, 6.45) is 0. The number of rotatable bonds is 2. The van der Waals surface area contributed by atoms with Crippen molar-refractivity contribution in [1.29, 1.82) is 5.26 Å². The molecule has 72 valence electrons. The van der Waals surface area contributed by atoms with Crippen LogP contribution in [0.3, 0.4) is 0 Å². The van der Waals surface area contributed by atoms with E-state index in [1.54, 1.807) is 11.3 Å². The van der Waals surface area contributed by atoms with E-state index in [2.05, 4.69) is 12.6 Å². The fourth-order valence-electron chi connectivity index (χ4n) is 1.34. The Balaban J connectivity index is 2.32. The van der Waals surface area contributed by atoms with Gasteiger partial charge in [0.15, 0.2) is 0 Å². The highest BCUT2D eigenvalue weighted by atomic mass is 32.1. The van der Waals surface area contributed by atoms with E-state index < -0.39 is 0 Å². The van der Waals surface area contributed by atoms with Crippen LogP contribution in [-0.4, -0.2) is 0 Å². The average molecular weight is 211 g/mol. The van der Waals surface area contributed by atoms with Crippen molar-refractivity contribution in [3.05, 3.63) is 64.4 Å². The SMILES string of the molecule is C=C(c1ccc(C#N)cc1)c1cccs1. The van der Waals surface area contributed by atoms with Crippen molar-refractivity contribution in [1.82, 2.24) is 0 Å². The monoisotopic (exact) mass is 211 g/mol. The van der Waals surface area contributed by atoms with E-state index in [1.807, 2.05) is 41.8 Å². The first-order valence-electron chi connectivity index (χ1n) is 4.54. The summed E-state index contributed by atoms with van der Waals surface area (Å²) in [6, 6.07) is 13.6. The highest BCUT2D eigenvalue weighted by molar-refractivity contribution is 7.11. The van der Waals surface area contributed by atoms with Crippen molar-refractivity contribution in [2.75, 3.05) is 0 Å². The van der Waals surface area contributed by atoms with Crippen molar-refractivity contribution < 1.29 is 0 Å². The zero-order chi connectivity index (χ0) is 10.7. The van der Waals surface area contributed by atoms with Gasteiger partial charge in [-0.25, -0.2) is 0 Å². The highest BCUT2D eigenvalue weighted by Crippen LogP contribution is 2.25. The van der Waals surface area contributed by atoms with Gasteiger partial charge in [-0.2, -0.15) is 5.26 Å². The first-order valence-corrected chi connectivity index (χ1v) is 5.42. The molecule has 1 nitrogen and oxygen atoms in total. The number of nitrogens with zero attached hydrogens (tertiary/aromatic N) is 1. The molecule has 0 fully saturated rings. The molecule has 0 spiro atoms. The first kappa shape index (κ1) is 9.70. The van der Waals surface area contributed by atoms with E-state index in [4.69, 9.17) is 5.26 Å². The van der Waals surface area contributed by atoms with Crippen LogP contribution in [0.25, 0.3) is 5.57 Å². The van der Waals surface area contributed by atoms with Crippen molar-refractivity contribution in [3.8, 4) is 6.07 Å². The topological polar surface area (TPSA) is 23.8 Å². The lowest BCUT2D eigenvalue weighted by atomic mass is 10.0. The number of nitriles is 1. The zero-order valence-corrected chi connectivity index (χ0v) is 8.92. The molecule has 0 atom stereocenters. The van der Waals surface area contributed by atoms with Crippen LogP contribution in [0.1, 0.15) is 16.0 Å². The van der Waals surface area contributed by atoms with Crippen LogP contribution >= 0.6 is 11.3 Å². The molecule has 0 saturated heterocycles. The van der Waals surface area contributed by atoms with Crippen molar-refractivity contribution in [2.45, 2.75) is 0 Å². The quantitative estimate of drug-likeness (QED) is 0.743. The Morgan fingerprint density at radius 2 is 1.93 bits per heavy atom. The molecule has 0 amide bonds. The molecule has 1 aromatic carbocycles. The summed E-state index contributed by atoms with van der Waals surface area (Å²) in [5.74, 6) is 0. The Bertz CT molecular complexity index is 500. The van der Waals surface area contributed by atoms with Crippen LogP contribution in [0, 0.1) is 11.3 Å². The van der Waals surface area contributed by atoms with E-state index in [1.165, 1.54) is 4.88 Å². The van der Waals surface area contributed by atoms with Crippen molar-refractivity contribution in [3.63, 3.8) is 0 Å². The minimum Gasteiger partial charge on any atom is -0.192 e. The van der Waals surface area contributed by atoms with Gasteiger partial charge in [-0.05, 0) is 34.7 Å². The summed E-state index contributed by atoms with van der Waals surface area (Å²) < 4.78 is 0. The molecular weight excluding hydrogens is 202 g/mol. The fraction of sp³-hybridized carbons (Fsp3) is 0. The van der Waals surface area contributed by atoms with E-state index in [0.29, 0.717) is 5.56 Å². The smallest absolute Gasteiger partial charge is 0.0991 e. The van der Waals surface area contributed by atoms with Crippen molar-refractivity contribution >= 4 is 16.9 Å². The maximum Gasteiger partial charge on any atom is 0.0991 e. The van der Waals surface area contributed by atoms with Gasteiger partial charge in [0.1, 0.15) is 0 Å². The molecule has 2 rings (SSSR count). The molecule has 2 aromatic rings. The fourth-order valence-corrected chi connectivity index (χ4v) is 2.06. The molecule has 0 aliphatic carbocycles. The second kappa shape index (κ2) is 4.12. The van der Waals surface area contributed by atoms with E-state index in [0.717, 1.165) is 11.1 Å². The van der Waals surface area contributed by atoms with Gasteiger partial charge >= 0.3 is 0 Å². The summed E-state index contributed by atoms with van der Waals surface area (Å²) in [7, 11) is 0. The number of hydrogen-bond donors (Lipinski definition) is 0. The van der Waals surface area contributed by atoms with Crippen LogP contribution in [0.15, 0.2) is 48.4 Å². The van der Waals surface area contributed by atoms with Gasteiger partial charge in [0, 0.05) is 4.88 Å². The molecule has 0 N–H and O–H groups in total. The summed E-state index contributed by atoms with van der Waals surface area (Å²) in [6.45, 7) is 4.05.